The fraction of sp³-hybridized carbons (Fsp3) is 0.0800. The molecule has 2 N–H and O–H groups in total. The Morgan fingerprint density at radius 1 is 1.17 bits per heavy atom. The van der Waals surface area contributed by atoms with E-state index in [1.165, 1.54) is 49.6 Å². The molecule has 2 heterocycles. The van der Waals surface area contributed by atoms with Gasteiger partial charge in [-0.2, -0.15) is 0 Å². The van der Waals surface area contributed by atoms with Crippen molar-refractivity contribution in [3.63, 3.8) is 0 Å². The number of rotatable bonds is 4. The molecular formula is C25H15BrClFN2O5S. The van der Waals surface area contributed by atoms with Crippen LogP contribution in [0.15, 0.2) is 64.6 Å². The van der Waals surface area contributed by atoms with Crippen LogP contribution in [-0.4, -0.2) is 34.0 Å². The summed E-state index contributed by atoms with van der Waals surface area (Å²) in [7, 11) is 1.36. The summed E-state index contributed by atoms with van der Waals surface area (Å²) in [5, 5.41) is 22.1. The molecular weight excluding hydrogens is 575 g/mol. The Kier molecular flexibility index (Phi) is 6.19. The Hall–Kier alpha value is -3.47. The molecule has 36 heavy (non-hydrogen) atoms. The van der Waals surface area contributed by atoms with E-state index in [9.17, 15) is 24.2 Å². The van der Waals surface area contributed by atoms with Gasteiger partial charge in [0.05, 0.1) is 33.4 Å². The number of halogens is 3. The van der Waals surface area contributed by atoms with E-state index in [-0.39, 0.29) is 32.2 Å². The third-order valence-corrected chi connectivity index (χ3v) is 7.57. The van der Waals surface area contributed by atoms with Crippen LogP contribution in [0.4, 0.5) is 9.52 Å². The number of aliphatic hydroxyl groups is 1. The lowest BCUT2D eigenvalue weighted by atomic mass is 9.95. The van der Waals surface area contributed by atoms with Crippen LogP contribution < -0.4 is 9.64 Å². The van der Waals surface area contributed by atoms with Gasteiger partial charge >= 0.3 is 5.91 Å². The number of aromatic hydroxyl groups is 1. The monoisotopic (exact) mass is 588 g/mol. The van der Waals surface area contributed by atoms with Gasteiger partial charge in [0.15, 0.2) is 16.6 Å². The zero-order valence-electron chi connectivity index (χ0n) is 18.3. The van der Waals surface area contributed by atoms with E-state index >= 15 is 0 Å². The molecule has 1 aliphatic heterocycles. The first-order chi connectivity index (χ1) is 17.2. The number of fused-ring (bicyclic) bond motifs is 1. The number of Topliss-reactive ketones (excluding diaryl/α,β-unsaturated/α-hetero) is 1. The van der Waals surface area contributed by atoms with Gasteiger partial charge in [-0.1, -0.05) is 22.9 Å². The lowest BCUT2D eigenvalue weighted by Gasteiger charge is -2.24. The average molecular weight is 590 g/mol. The highest BCUT2D eigenvalue weighted by molar-refractivity contribution is 9.10. The van der Waals surface area contributed by atoms with E-state index < -0.39 is 29.3 Å². The van der Waals surface area contributed by atoms with Gasteiger partial charge in [-0.3, -0.25) is 14.5 Å². The van der Waals surface area contributed by atoms with Crippen LogP contribution >= 0.6 is 38.9 Å². The minimum atomic E-state index is -1.13. The second kappa shape index (κ2) is 9.20. The van der Waals surface area contributed by atoms with Gasteiger partial charge < -0.3 is 14.9 Å². The Balaban J connectivity index is 1.77. The van der Waals surface area contributed by atoms with E-state index in [1.807, 2.05) is 0 Å². The highest BCUT2D eigenvalue weighted by Gasteiger charge is 2.48. The third-order valence-electron chi connectivity index (χ3n) is 5.69. The van der Waals surface area contributed by atoms with Crippen LogP contribution in [0.25, 0.3) is 16.0 Å². The van der Waals surface area contributed by atoms with E-state index in [1.54, 1.807) is 12.1 Å². The molecule has 1 aromatic heterocycles. The number of hydrogen-bond acceptors (Lipinski definition) is 7. The molecule has 11 heteroatoms. The molecule has 3 aromatic carbocycles. The number of hydrogen-bond donors (Lipinski definition) is 2. The normalized spacial score (nSPS) is 17.2. The molecule has 0 aliphatic carbocycles. The molecule has 1 fully saturated rings. The molecule has 1 saturated heterocycles. The first-order valence-corrected chi connectivity index (χ1v) is 12.4. The van der Waals surface area contributed by atoms with E-state index in [2.05, 4.69) is 20.9 Å². The summed E-state index contributed by atoms with van der Waals surface area (Å²) in [6.45, 7) is 0. The van der Waals surface area contributed by atoms with Crippen molar-refractivity contribution in [2.75, 3.05) is 12.0 Å². The van der Waals surface area contributed by atoms with Gasteiger partial charge in [-0.25, -0.2) is 9.37 Å². The Labute approximate surface area is 221 Å². The summed E-state index contributed by atoms with van der Waals surface area (Å²) < 4.78 is 19.8. The van der Waals surface area contributed by atoms with Gasteiger partial charge in [0.2, 0.25) is 0 Å². The molecule has 0 saturated carbocycles. The Morgan fingerprint density at radius 2 is 1.89 bits per heavy atom. The zero-order valence-corrected chi connectivity index (χ0v) is 21.5. The topological polar surface area (TPSA) is 100.0 Å². The lowest BCUT2D eigenvalue weighted by molar-refractivity contribution is -0.132. The first-order valence-electron chi connectivity index (χ1n) is 10.4. The van der Waals surface area contributed by atoms with E-state index in [0.717, 1.165) is 16.2 Å². The second-order valence-electron chi connectivity index (χ2n) is 7.84. The third kappa shape index (κ3) is 4.01. The molecule has 182 valence electrons. The van der Waals surface area contributed by atoms with Gasteiger partial charge in [-0.15, -0.1) is 0 Å². The molecule has 0 bridgehead atoms. The van der Waals surface area contributed by atoms with Crippen LogP contribution in [0.2, 0.25) is 5.02 Å². The maximum Gasteiger partial charge on any atom is 0.301 e. The number of aliphatic hydroxyl groups excluding tert-OH is 1. The molecule has 1 aliphatic rings. The summed E-state index contributed by atoms with van der Waals surface area (Å²) in [6.07, 6.45) is 0. The van der Waals surface area contributed by atoms with Crippen LogP contribution in [-0.2, 0) is 9.59 Å². The summed E-state index contributed by atoms with van der Waals surface area (Å²) in [6, 6.07) is 12.0. The lowest BCUT2D eigenvalue weighted by Crippen LogP contribution is -2.29. The highest BCUT2D eigenvalue weighted by Crippen LogP contribution is 2.47. The standard InChI is InChI=1S/C25H15BrClFN2O5S/c1-35-17-9-12(8-15(26)22(17)32)20-19(21(31)11-2-4-13(27)5-3-11)23(33)24(34)30(20)25-29-16-7-6-14(28)10-18(16)36-25/h2-10,20,31-32H,1H3. The number of carbonyl (C=O) groups is 2. The van der Waals surface area contributed by atoms with Crippen molar-refractivity contribution < 1.29 is 28.9 Å². The molecule has 5 rings (SSSR count). The smallest absolute Gasteiger partial charge is 0.301 e. The van der Waals surface area contributed by atoms with Crippen LogP contribution in [0.1, 0.15) is 17.2 Å². The SMILES string of the molecule is COc1cc(C2C(=C(O)c3ccc(Cl)cc3)C(=O)C(=O)N2c2nc3ccc(F)cc3s2)cc(Br)c1O. The Morgan fingerprint density at radius 3 is 2.58 bits per heavy atom. The minimum Gasteiger partial charge on any atom is -0.507 e. The van der Waals surface area contributed by atoms with Crippen LogP contribution in [0.3, 0.4) is 0 Å². The molecule has 1 atom stereocenters. The molecule has 0 spiro atoms. The number of phenols is 1. The molecule has 1 amide bonds. The van der Waals surface area contributed by atoms with Gasteiger partial charge in [0.25, 0.3) is 5.78 Å². The molecule has 4 aromatic rings. The van der Waals surface area contributed by atoms with Crippen molar-refractivity contribution in [3.05, 3.63) is 86.6 Å². The summed E-state index contributed by atoms with van der Waals surface area (Å²) in [5.74, 6) is -2.81. The number of benzene rings is 3. The number of thiazole rings is 1. The van der Waals surface area contributed by atoms with Crippen molar-refractivity contribution >= 4 is 71.7 Å². The molecule has 0 radical (unpaired) electrons. The number of anilines is 1. The average Bonchev–Trinajstić information content (AvgIpc) is 3.38. The van der Waals surface area contributed by atoms with Gasteiger partial charge in [-0.05, 0) is 76.1 Å². The number of phenolic OH excluding ortho intramolecular Hbond substituents is 1. The fourth-order valence-corrected chi connectivity index (χ4v) is 5.61. The maximum atomic E-state index is 13.8. The number of ether oxygens (including phenoxy) is 1. The predicted octanol–water partition coefficient (Wildman–Crippen LogP) is 6.19. The maximum absolute atomic E-state index is 13.8. The number of ketones is 1. The van der Waals surface area contributed by atoms with Crippen LogP contribution in [0.5, 0.6) is 11.5 Å². The largest absolute Gasteiger partial charge is 0.507 e. The van der Waals surface area contributed by atoms with Gasteiger partial charge in [0, 0.05) is 10.6 Å². The summed E-state index contributed by atoms with van der Waals surface area (Å²) >= 11 is 10.3. The van der Waals surface area contributed by atoms with E-state index in [0.29, 0.717) is 20.8 Å². The van der Waals surface area contributed by atoms with E-state index in [4.69, 9.17) is 16.3 Å². The summed E-state index contributed by atoms with van der Waals surface area (Å²) in [5.41, 5.74) is 0.891. The molecule has 1 unspecified atom stereocenters. The second-order valence-corrected chi connectivity index (χ2v) is 10.1. The van der Waals surface area contributed by atoms with Gasteiger partial charge in [0.1, 0.15) is 11.6 Å². The predicted molar refractivity (Wildman–Crippen MR) is 138 cm³/mol. The molecule has 7 nitrogen and oxygen atoms in total. The van der Waals surface area contributed by atoms with Crippen molar-refractivity contribution in [2.45, 2.75) is 6.04 Å². The number of amides is 1. The van der Waals surface area contributed by atoms with Crippen molar-refractivity contribution in [2.24, 2.45) is 0 Å². The van der Waals surface area contributed by atoms with Crippen molar-refractivity contribution in [3.8, 4) is 11.5 Å². The zero-order chi connectivity index (χ0) is 25.7. The quantitative estimate of drug-likeness (QED) is 0.167. The van der Waals surface area contributed by atoms with Crippen LogP contribution in [0, 0.1) is 5.82 Å². The first kappa shape index (κ1) is 24.2. The van der Waals surface area contributed by atoms with Crippen molar-refractivity contribution in [1.82, 2.24) is 4.98 Å². The number of carbonyl (C=O) groups excluding carboxylic acids is 2. The number of nitrogens with zero attached hydrogens (tertiary/aromatic N) is 2. The van der Waals surface area contributed by atoms with Crippen molar-refractivity contribution in [1.29, 1.82) is 0 Å². The fourth-order valence-electron chi connectivity index (χ4n) is 4.01. The minimum absolute atomic E-state index is 0.0860. The number of aromatic nitrogens is 1. The number of methoxy groups -OCH3 is 1. The highest BCUT2D eigenvalue weighted by atomic mass is 79.9. The summed E-state index contributed by atoms with van der Waals surface area (Å²) in [4.78, 5) is 32.3. The Bertz CT molecular complexity index is 1590.